The summed E-state index contributed by atoms with van der Waals surface area (Å²) >= 11 is 0. The standard InChI is InChI=1S/C26H30N2O6/c1-4-17(3)15-27-22-14-24(30)28(25(22)31)20-10-6-19(7-11-20)26(32)34-16-23(29)18-8-12-21(13-9-18)33-5-2/h6-13,17,22,27H,4-5,14-16H2,1-3H3. The van der Waals surface area contributed by atoms with Gasteiger partial charge in [-0.3, -0.25) is 14.4 Å². The molecule has 1 saturated heterocycles. The third kappa shape index (κ3) is 6.08. The van der Waals surface area contributed by atoms with E-state index in [4.69, 9.17) is 9.47 Å². The van der Waals surface area contributed by atoms with E-state index in [1.54, 1.807) is 24.3 Å². The highest BCUT2D eigenvalue weighted by Gasteiger charge is 2.39. The number of hydrogen-bond donors (Lipinski definition) is 1. The van der Waals surface area contributed by atoms with Gasteiger partial charge in [-0.05, 0) is 67.9 Å². The Bertz CT molecular complexity index is 1030. The van der Waals surface area contributed by atoms with Crippen LogP contribution in [0.4, 0.5) is 5.69 Å². The number of ketones is 1. The molecular weight excluding hydrogens is 436 g/mol. The molecule has 1 heterocycles. The van der Waals surface area contributed by atoms with Gasteiger partial charge in [0.25, 0.3) is 5.91 Å². The average molecular weight is 467 g/mol. The van der Waals surface area contributed by atoms with E-state index in [0.717, 1.165) is 11.3 Å². The number of Topliss-reactive ketones (excluding diaryl/α,β-unsaturated/α-hetero) is 1. The van der Waals surface area contributed by atoms with Crippen LogP contribution in [0.5, 0.6) is 5.75 Å². The number of carbonyl (C=O) groups excluding carboxylic acids is 4. The predicted octanol–water partition coefficient (Wildman–Crippen LogP) is 3.39. The first-order valence-electron chi connectivity index (χ1n) is 11.5. The predicted molar refractivity (Wildman–Crippen MR) is 127 cm³/mol. The first-order valence-corrected chi connectivity index (χ1v) is 11.5. The van der Waals surface area contributed by atoms with Crippen LogP contribution >= 0.6 is 0 Å². The Morgan fingerprint density at radius 3 is 2.29 bits per heavy atom. The van der Waals surface area contributed by atoms with Crippen molar-refractivity contribution in [3.05, 3.63) is 59.7 Å². The highest BCUT2D eigenvalue weighted by atomic mass is 16.5. The van der Waals surface area contributed by atoms with Crippen molar-refractivity contribution in [3.8, 4) is 5.75 Å². The average Bonchev–Trinajstić information content (AvgIpc) is 3.14. The van der Waals surface area contributed by atoms with E-state index in [-0.39, 0.29) is 29.6 Å². The molecule has 0 bridgehead atoms. The Labute approximate surface area is 199 Å². The third-order valence-electron chi connectivity index (χ3n) is 5.74. The molecule has 8 heteroatoms. The summed E-state index contributed by atoms with van der Waals surface area (Å²) in [5.74, 6) is -0.532. The number of carbonyl (C=O) groups is 4. The molecule has 2 amide bonds. The molecule has 1 N–H and O–H groups in total. The van der Waals surface area contributed by atoms with Crippen LogP contribution in [0.25, 0.3) is 0 Å². The summed E-state index contributed by atoms with van der Waals surface area (Å²) in [5.41, 5.74) is 1.02. The summed E-state index contributed by atoms with van der Waals surface area (Å²) in [6.45, 7) is 6.81. The van der Waals surface area contributed by atoms with Gasteiger partial charge in [0.2, 0.25) is 5.91 Å². The fourth-order valence-electron chi connectivity index (χ4n) is 3.50. The van der Waals surface area contributed by atoms with E-state index < -0.39 is 18.6 Å². The number of imide groups is 1. The van der Waals surface area contributed by atoms with Crippen molar-refractivity contribution in [2.45, 2.75) is 39.7 Å². The van der Waals surface area contributed by atoms with E-state index in [9.17, 15) is 19.2 Å². The Balaban J connectivity index is 1.56. The number of nitrogens with zero attached hydrogens (tertiary/aromatic N) is 1. The molecule has 3 rings (SSSR count). The summed E-state index contributed by atoms with van der Waals surface area (Å²) in [5, 5.41) is 3.17. The number of nitrogens with one attached hydrogen (secondary N) is 1. The fraction of sp³-hybridized carbons (Fsp3) is 0.385. The minimum absolute atomic E-state index is 0.104. The van der Waals surface area contributed by atoms with Gasteiger partial charge in [0.15, 0.2) is 12.4 Å². The lowest BCUT2D eigenvalue weighted by Gasteiger charge is -2.17. The van der Waals surface area contributed by atoms with Gasteiger partial charge in [0, 0.05) is 5.56 Å². The normalized spacial score (nSPS) is 16.4. The summed E-state index contributed by atoms with van der Waals surface area (Å²) in [4.78, 5) is 50.9. The second-order valence-electron chi connectivity index (χ2n) is 8.25. The van der Waals surface area contributed by atoms with Gasteiger partial charge in [0.1, 0.15) is 5.75 Å². The Hall–Kier alpha value is -3.52. The summed E-state index contributed by atoms with van der Waals surface area (Å²) in [6, 6.07) is 12.1. The van der Waals surface area contributed by atoms with Crippen molar-refractivity contribution in [1.82, 2.24) is 5.32 Å². The van der Waals surface area contributed by atoms with Gasteiger partial charge < -0.3 is 14.8 Å². The molecule has 8 nitrogen and oxygen atoms in total. The van der Waals surface area contributed by atoms with E-state index >= 15 is 0 Å². The number of benzene rings is 2. The largest absolute Gasteiger partial charge is 0.494 e. The first kappa shape index (κ1) is 25.1. The van der Waals surface area contributed by atoms with Crippen LogP contribution in [0.2, 0.25) is 0 Å². The zero-order valence-corrected chi connectivity index (χ0v) is 19.7. The van der Waals surface area contributed by atoms with Gasteiger partial charge in [-0.15, -0.1) is 0 Å². The lowest BCUT2D eigenvalue weighted by Crippen LogP contribution is -2.40. The zero-order valence-electron chi connectivity index (χ0n) is 19.7. The van der Waals surface area contributed by atoms with Gasteiger partial charge in [0.05, 0.1) is 30.3 Å². The molecule has 34 heavy (non-hydrogen) atoms. The SMILES string of the molecule is CCOc1ccc(C(=O)COC(=O)c2ccc(N3C(=O)CC(NCC(C)CC)C3=O)cc2)cc1. The maximum atomic E-state index is 12.7. The van der Waals surface area contributed by atoms with Crippen molar-refractivity contribution >= 4 is 29.3 Å². The molecule has 0 aromatic heterocycles. The lowest BCUT2D eigenvalue weighted by atomic mass is 10.1. The zero-order chi connectivity index (χ0) is 24.7. The summed E-state index contributed by atoms with van der Waals surface area (Å²) < 4.78 is 10.5. The van der Waals surface area contributed by atoms with Gasteiger partial charge in [-0.2, -0.15) is 0 Å². The molecule has 2 unspecified atom stereocenters. The van der Waals surface area contributed by atoms with Gasteiger partial charge in [-0.1, -0.05) is 20.3 Å². The van der Waals surface area contributed by atoms with Gasteiger partial charge in [-0.25, -0.2) is 9.69 Å². The number of ether oxygens (including phenoxy) is 2. The molecule has 0 saturated carbocycles. The number of amides is 2. The molecule has 0 spiro atoms. The molecular formula is C26H30N2O6. The maximum Gasteiger partial charge on any atom is 0.338 e. The molecule has 2 atom stereocenters. The van der Waals surface area contributed by atoms with Crippen molar-refractivity contribution in [3.63, 3.8) is 0 Å². The third-order valence-corrected chi connectivity index (χ3v) is 5.74. The maximum absolute atomic E-state index is 12.7. The van der Waals surface area contributed by atoms with Crippen molar-refractivity contribution in [2.75, 3.05) is 24.7 Å². The van der Waals surface area contributed by atoms with Crippen molar-refractivity contribution in [1.29, 1.82) is 0 Å². The second kappa shape index (κ2) is 11.6. The molecule has 1 fully saturated rings. The van der Waals surface area contributed by atoms with E-state index in [1.807, 2.05) is 6.92 Å². The quantitative estimate of drug-likeness (QED) is 0.308. The van der Waals surface area contributed by atoms with Crippen LogP contribution in [-0.4, -0.2) is 49.4 Å². The van der Waals surface area contributed by atoms with E-state index in [0.29, 0.717) is 36.1 Å². The van der Waals surface area contributed by atoms with Gasteiger partial charge >= 0.3 is 5.97 Å². The first-order chi connectivity index (χ1) is 16.3. The number of hydrogen-bond acceptors (Lipinski definition) is 7. The van der Waals surface area contributed by atoms with Crippen LogP contribution in [0.15, 0.2) is 48.5 Å². The van der Waals surface area contributed by atoms with Crippen LogP contribution in [0, 0.1) is 5.92 Å². The van der Waals surface area contributed by atoms with E-state index in [1.165, 1.54) is 24.3 Å². The minimum Gasteiger partial charge on any atom is -0.494 e. The monoisotopic (exact) mass is 466 g/mol. The topological polar surface area (TPSA) is 102 Å². The number of anilines is 1. The molecule has 180 valence electrons. The summed E-state index contributed by atoms with van der Waals surface area (Å²) in [7, 11) is 0. The molecule has 1 aliphatic heterocycles. The highest BCUT2D eigenvalue weighted by molar-refractivity contribution is 6.22. The smallest absolute Gasteiger partial charge is 0.338 e. The molecule has 0 radical (unpaired) electrons. The minimum atomic E-state index is -0.669. The lowest BCUT2D eigenvalue weighted by molar-refractivity contribution is -0.121. The van der Waals surface area contributed by atoms with Crippen LogP contribution in [0.1, 0.15) is 54.3 Å². The molecule has 2 aromatic carbocycles. The molecule has 1 aliphatic rings. The Morgan fingerprint density at radius 2 is 1.68 bits per heavy atom. The van der Waals surface area contributed by atoms with Crippen LogP contribution in [0.3, 0.4) is 0 Å². The Kier molecular flexibility index (Phi) is 8.54. The number of esters is 1. The fourth-order valence-corrected chi connectivity index (χ4v) is 3.50. The summed E-state index contributed by atoms with van der Waals surface area (Å²) in [6.07, 6.45) is 1.08. The van der Waals surface area contributed by atoms with Crippen molar-refractivity contribution < 1.29 is 28.7 Å². The highest BCUT2D eigenvalue weighted by Crippen LogP contribution is 2.24. The van der Waals surface area contributed by atoms with Crippen LogP contribution < -0.4 is 15.0 Å². The number of rotatable bonds is 11. The Morgan fingerprint density at radius 1 is 1.03 bits per heavy atom. The van der Waals surface area contributed by atoms with Crippen LogP contribution in [-0.2, 0) is 14.3 Å². The van der Waals surface area contributed by atoms with E-state index in [2.05, 4.69) is 19.2 Å². The molecule has 2 aromatic rings. The second-order valence-corrected chi connectivity index (χ2v) is 8.25. The van der Waals surface area contributed by atoms with Crippen molar-refractivity contribution in [2.24, 2.45) is 5.92 Å². The molecule has 0 aliphatic carbocycles.